The Kier molecular flexibility index (Phi) is 5.44. The highest BCUT2D eigenvalue weighted by Crippen LogP contribution is 2.40. The quantitative estimate of drug-likeness (QED) is 0.362. The fourth-order valence-electron chi connectivity index (χ4n) is 1.47. The normalized spacial score (nSPS) is 10.6. The molecule has 2 aromatic carbocycles. The Balaban J connectivity index is 2.44. The van der Waals surface area contributed by atoms with Crippen molar-refractivity contribution >= 4 is 66.7 Å². The van der Waals surface area contributed by atoms with Gasteiger partial charge in [0, 0.05) is 21.4 Å². The van der Waals surface area contributed by atoms with Gasteiger partial charge in [-0.1, -0.05) is 62.9 Å². The lowest BCUT2D eigenvalue weighted by Crippen LogP contribution is -1.91. The predicted octanol–water partition coefficient (Wildman–Crippen LogP) is 7.10. The summed E-state index contributed by atoms with van der Waals surface area (Å²) < 4.78 is 6.51. The van der Waals surface area contributed by atoms with Crippen LogP contribution in [0.5, 0.6) is 11.5 Å². The first kappa shape index (κ1) is 15.5. The van der Waals surface area contributed by atoms with Crippen LogP contribution in [0.1, 0.15) is 5.56 Å². The van der Waals surface area contributed by atoms with Crippen molar-refractivity contribution in [2.45, 2.75) is 5.33 Å². The largest absolute Gasteiger partial charge is 0.454 e. The number of alkyl halides is 1. The van der Waals surface area contributed by atoms with E-state index < -0.39 is 0 Å². The lowest BCUT2D eigenvalue weighted by molar-refractivity contribution is 0.479. The van der Waals surface area contributed by atoms with Crippen LogP contribution >= 0.6 is 66.7 Å². The average Bonchev–Trinajstić information content (AvgIpc) is 2.38. The van der Waals surface area contributed by atoms with Crippen molar-refractivity contribution in [1.29, 1.82) is 0 Å². The van der Waals surface area contributed by atoms with Crippen LogP contribution in [0.25, 0.3) is 0 Å². The number of ether oxygens (including phenoxy) is 1. The Labute approximate surface area is 143 Å². The van der Waals surface area contributed by atoms with E-state index in [1.165, 1.54) is 0 Å². The summed E-state index contributed by atoms with van der Waals surface area (Å²) in [6, 6.07) is 8.88. The number of para-hydroxylation sites is 1. The lowest BCUT2D eigenvalue weighted by atomic mass is 10.2. The van der Waals surface area contributed by atoms with E-state index in [4.69, 9.17) is 39.5 Å². The summed E-state index contributed by atoms with van der Waals surface area (Å²) in [6.45, 7) is 0. The van der Waals surface area contributed by atoms with Crippen molar-refractivity contribution in [2.75, 3.05) is 0 Å². The highest BCUT2D eigenvalue weighted by atomic mass is 79.9. The van der Waals surface area contributed by atoms with Crippen molar-refractivity contribution in [3.05, 3.63) is 55.4 Å². The Bertz CT molecular complexity index is 617. The summed E-state index contributed by atoms with van der Waals surface area (Å²) in [6.07, 6.45) is 0. The molecule has 0 aliphatic rings. The Morgan fingerprint density at radius 1 is 1.00 bits per heavy atom. The van der Waals surface area contributed by atoms with Crippen LogP contribution in [0.15, 0.2) is 34.8 Å². The third-order valence-corrected chi connectivity index (χ3v) is 4.77. The minimum absolute atomic E-state index is 0.455. The van der Waals surface area contributed by atoms with E-state index in [0.717, 1.165) is 5.56 Å². The molecule has 0 atom stereocenters. The second-order valence-electron chi connectivity index (χ2n) is 3.66. The van der Waals surface area contributed by atoms with Gasteiger partial charge in [0.2, 0.25) is 0 Å². The van der Waals surface area contributed by atoms with Crippen LogP contribution in [-0.2, 0) is 5.33 Å². The zero-order valence-electron chi connectivity index (χ0n) is 9.39. The molecule has 0 unspecified atom stereocenters. The monoisotopic (exact) mass is 442 g/mol. The standard InChI is InChI=1S/C13H7Br2Cl3O/c14-6-7-2-1-3-9(16)13(7)19-12-5-10(17)8(15)4-11(12)18/h1-5H,6H2. The molecule has 100 valence electrons. The van der Waals surface area contributed by atoms with E-state index in [1.807, 2.05) is 12.1 Å². The van der Waals surface area contributed by atoms with Crippen LogP contribution in [-0.4, -0.2) is 0 Å². The van der Waals surface area contributed by atoms with Crippen LogP contribution in [0.4, 0.5) is 0 Å². The minimum atomic E-state index is 0.455. The first-order valence-electron chi connectivity index (χ1n) is 5.18. The zero-order chi connectivity index (χ0) is 14.0. The highest BCUT2D eigenvalue weighted by molar-refractivity contribution is 9.10. The molecule has 0 aliphatic heterocycles. The van der Waals surface area contributed by atoms with Crippen LogP contribution in [0.3, 0.4) is 0 Å². The molecule has 0 aliphatic carbocycles. The molecule has 0 saturated heterocycles. The number of hydrogen-bond acceptors (Lipinski definition) is 1. The highest BCUT2D eigenvalue weighted by Gasteiger charge is 2.13. The molecule has 0 fully saturated rings. The molecule has 0 heterocycles. The third kappa shape index (κ3) is 3.59. The summed E-state index contributed by atoms with van der Waals surface area (Å²) in [5, 5.41) is 2.13. The van der Waals surface area contributed by atoms with Gasteiger partial charge in [-0.2, -0.15) is 0 Å². The fraction of sp³-hybridized carbons (Fsp3) is 0.0769. The molecule has 2 aromatic rings. The zero-order valence-corrected chi connectivity index (χ0v) is 14.8. The maximum absolute atomic E-state index is 6.15. The first-order valence-corrected chi connectivity index (χ1v) is 8.23. The van der Waals surface area contributed by atoms with Crippen molar-refractivity contribution in [2.24, 2.45) is 0 Å². The SMILES string of the molecule is Clc1cc(Oc2c(Cl)cccc2CBr)c(Cl)cc1Br. The maximum atomic E-state index is 6.15. The van der Waals surface area contributed by atoms with Gasteiger partial charge in [-0.25, -0.2) is 0 Å². The Hall–Kier alpha value is 0.0700. The van der Waals surface area contributed by atoms with E-state index in [2.05, 4.69) is 31.9 Å². The number of halogens is 5. The summed E-state index contributed by atoms with van der Waals surface area (Å²) >= 11 is 25.0. The molecule has 6 heteroatoms. The van der Waals surface area contributed by atoms with Gasteiger partial charge in [0.25, 0.3) is 0 Å². The molecule has 0 radical (unpaired) electrons. The van der Waals surface area contributed by atoms with E-state index in [-0.39, 0.29) is 0 Å². The molecule has 0 bridgehead atoms. The molecule has 0 spiro atoms. The summed E-state index contributed by atoms with van der Waals surface area (Å²) in [4.78, 5) is 0. The van der Waals surface area contributed by atoms with Crippen molar-refractivity contribution < 1.29 is 4.74 Å². The first-order chi connectivity index (χ1) is 9.02. The van der Waals surface area contributed by atoms with Gasteiger partial charge >= 0.3 is 0 Å². The van der Waals surface area contributed by atoms with E-state index in [1.54, 1.807) is 18.2 Å². The number of rotatable bonds is 3. The van der Waals surface area contributed by atoms with Crippen molar-refractivity contribution in [1.82, 2.24) is 0 Å². The summed E-state index contributed by atoms with van der Waals surface area (Å²) in [7, 11) is 0. The second-order valence-corrected chi connectivity index (χ2v) is 6.30. The Morgan fingerprint density at radius 3 is 2.42 bits per heavy atom. The predicted molar refractivity (Wildman–Crippen MR) is 88.3 cm³/mol. The van der Waals surface area contributed by atoms with Gasteiger partial charge < -0.3 is 4.74 Å². The van der Waals surface area contributed by atoms with Gasteiger partial charge in [0.15, 0.2) is 0 Å². The topological polar surface area (TPSA) is 9.23 Å². The van der Waals surface area contributed by atoms with Gasteiger partial charge in [-0.3, -0.25) is 0 Å². The third-order valence-electron chi connectivity index (χ3n) is 2.38. The second kappa shape index (κ2) is 6.68. The number of benzene rings is 2. The molecule has 0 amide bonds. The van der Waals surface area contributed by atoms with E-state index in [9.17, 15) is 0 Å². The molecule has 0 N–H and O–H groups in total. The molecular formula is C13H7Br2Cl3O. The van der Waals surface area contributed by atoms with Crippen LogP contribution in [0.2, 0.25) is 15.1 Å². The van der Waals surface area contributed by atoms with Gasteiger partial charge in [0.1, 0.15) is 11.5 Å². The molecule has 0 saturated carbocycles. The molecule has 0 aromatic heterocycles. The Morgan fingerprint density at radius 2 is 1.74 bits per heavy atom. The fourth-order valence-corrected chi connectivity index (χ4v) is 2.97. The average molecular weight is 445 g/mol. The molecule has 2 rings (SSSR count). The van der Waals surface area contributed by atoms with Gasteiger partial charge in [-0.05, 0) is 28.1 Å². The van der Waals surface area contributed by atoms with Crippen molar-refractivity contribution in [3.8, 4) is 11.5 Å². The molecule has 19 heavy (non-hydrogen) atoms. The smallest absolute Gasteiger partial charge is 0.150 e. The summed E-state index contributed by atoms with van der Waals surface area (Å²) in [5.74, 6) is 1.03. The van der Waals surface area contributed by atoms with Crippen LogP contribution in [0, 0.1) is 0 Å². The van der Waals surface area contributed by atoms with Gasteiger partial charge in [-0.15, -0.1) is 0 Å². The van der Waals surface area contributed by atoms with Crippen LogP contribution < -0.4 is 4.74 Å². The number of hydrogen-bond donors (Lipinski definition) is 0. The molecular weight excluding hydrogens is 438 g/mol. The minimum Gasteiger partial charge on any atom is -0.454 e. The maximum Gasteiger partial charge on any atom is 0.150 e. The summed E-state index contributed by atoms with van der Waals surface area (Å²) in [5.41, 5.74) is 0.933. The van der Waals surface area contributed by atoms with E-state index >= 15 is 0 Å². The van der Waals surface area contributed by atoms with E-state index in [0.29, 0.717) is 36.4 Å². The van der Waals surface area contributed by atoms with Crippen molar-refractivity contribution in [3.63, 3.8) is 0 Å². The molecule has 1 nitrogen and oxygen atoms in total. The van der Waals surface area contributed by atoms with Gasteiger partial charge in [0.05, 0.1) is 15.1 Å². The lowest BCUT2D eigenvalue weighted by Gasteiger charge is -2.13.